The molecular weight excluding hydrogens is 302 g/mol. The predicted octanol–water partition coefficient (Wildman–Crippen LogP) is 3.82. The van der Waals surface area contributed by atoms with Crippen LogP contribution < -0.4 is 0 Å². The molecule has 2 nitrogen and oxygen atoms in total. The van der Waals surface area contributed by atoms with Gasteiger partial charge in [0.25, 0.3) is 0 Å². The standard InChI is InChI=1S/C16H24BrNO/c1-18(11-13-6-5-8-15(17)10-13)12-14-7-3-2-4-9-16(14)19/h5-6,8,10,14,16,19H,2-4,7,9,11-12H2,1H3. The minimum Gasteiger partial charge on any atom is -0.393 e. The summed E-state index contributed by atoms with van der Waals surface area (Å²) in [6.07, 6.45) is 5.79. The van der Waals surface area contributed by atoms with Gasteiger partial charge in [0.15, 0.2) is 0 Å². The van der Waals surface area contributed by atoms with Crippen LogP contribution in [0.15, 0.2) is 28.7 Å². The summed E-state index contributed by atoms with van der Waals surface area (Å²) in [7, 11) is 2.15. The summed E-state index contributed by atoms with van der Waals surface area (Å²) >= 11 is 3.51. The van der Waals surface area contributed by atoms with Gasteiger partial charge in [-0.15, -0.1) is 0 Å². The van der Waals surface area contributed by atoms with E-state index in [1.165, 1.54) is 31.2 Å². The van der Waals surface area contributed by atoms with E-state index in [0.717, 1.165) is 24.0 Å². The Balaban J connectivity index is 1.87. The summed E-state index contributed by atoms with van der Waals surface area (Å²) < 4.78 is 1.13. The van der Waals surface area contributed by atoms with Crippen LogP contribution >= 0.6 is 15.9 Å². The third-order valence-electron chi connectivity index (χ3n) is 4.01. The lowest BCUT2D eigenvalue weighted by Gasteiger charge is -2.26. The second-order valence-electron chi connectivity index (χ2n) is 5.79. The molecule has 106 valence electrons. The van der Waals surface area contributed by atoms with Crippen molar-refractivity contribution >= 4 is 15.9 Å². The smallest absolute Gasteiger partial charge is 0.0580 e. The second kappa shape index (κ2) is 7.41. The fourth-order valence-electron chi connectivity index (χ4n) is 2.99. The van der Waals surface area contributed by atoms with E-state index in [-0.39, 0.29) is 6.10 Å². The largest absolute Gasteiger partial charge is 0.393 e. The Morgan fingerprint density at radius 3 is 2.84 bits per heavy atom. The maximum Gasteiger partial charge on any atom is 0.0580 e. The van der Waals surface area contributed by atoms with Gasteiger partial charge in [0.2, 0.25) is 0 Å². The van der Waals surface area contributed by atoms with Crippen LogP contribution in [0.25, 0.3) is 0 Å². The Labute approximate surface area is 124 Å². The van der Waals surface area contributed by atoms with E-state index in [0.29, 0.717) is 5.92 Å². The molecule has 0 radical (unpaired) electrons. The van der Waals surface area contributed by atoms with Crippen LogP contribution in [0.4, 0.5) is 0 Å². The minimum absolute atomic E-state index is 0.104. The zero-order chi connectivity index (χ0) is 13.7. The van der Waals surface area contributed by atoms with E-state index >= 15 is 0 Å². The van der Waals surface area contributed by atoms with Crippen molar-refractivity contribution in [3.63, 3.8) is 0 Å². The summed E-state index contributed by atoms with van der Waals surface area (Å²) in [5.74, 6) is 0.444. The van der Waals surface area contributed by atoms with Crippen LogP contribution in [0, 0.1) is 5.92 Å². The van der Waals surface area contributed by atoms with Crippen LogP contribution in [0.2, 0.25) is 0 Å². The van der Waals surface area contributed by atoms with Gasteiger partial charge in [0.1, 0.15) is 0 Å². The number of nitrogens with zero attached hydrogens (tertiary/aromatic N) is 1. The van der Waals surface area contributed by atoms with Crippen molar-refractivity contribution in [3.05, 3.63) is 34.3 Å². The zero-order valence-corrected chi connectivity index (χ0v) is 13.3. The van der Waals surface area contributed by atoms with E-state index in [4.69, 9.17) is 0 Å². The lowest BCUT2D eigenvalue weighted by atomic mass is 9.96. The highest BCUT2D eigenvalue weighted by molar-refractivity contribution is 9.10. The van der Waals surface area contributed by atoms with Crippen molar-refractivity contribution in [1.82, 2.24) is 4.90 Å². The topological polar surface area (TPSA) is 23.5 Å². The molecule has 0 bridgehead atoms. The number of hydrogen-bond acceptors (Lipinski definition) is 2. The summed E-state index contributed by atoms with van der Waals surface area (Å²) in [5.41, 5.74) is 1.32. The van der Waals surface area contributed by atoms with E-state index < -0.39 is 0 Å². The van der Waals surface area contributed by atoms with Gasteiger partial charge in [-0.25, -0.2) is 0 Å². The number of aliphatic hydroxyl groups is 1. The van der Waals surface area contributed by atoms with Crippen LogP contribution in [-0.4, -0.2) is 29.7 Å². The summed E-state index contributed by atoms with van der Waals surface area (Å²) in [4.78, 5) is 2.33. The molecule has 2 atom stereocenters. The Morgan fingerprint density at radius 2 is 2.05 bits per heavy atom. The summed E-state index contributed by atoms with van der Waals surface area (Å²) in [6, 6.07) is 8.46. The van der Waals surface area contributed by atoms with Crippen molar-refractivity contribution in [1.29, 1.82) is 0 Å². The molecule has 1 aromatic carbocycles. The molecule has 2 unspecified atom stereocenters. The first-order chi connectivity index (χ1) is 9.15. The molecule has 0 aliphatic heterocycles. The SMILES string of the molecule is CN(Cc1cccc(Br)c1)CC1CCCCCC1O. The Kier molecular flexibility index (Phi) is 5.86. The molecule has 0 heterocycles. The zero-order valence-electron chi connectivity index (χ0n) is 11.7. The molecule has 1 N–H and O–H groups in total. The van der Waals surface area contributed by atoms with Gasteiger partial charge in [-0.3, -0.25) is 0 Å². The van der Waals surface area contributed by atoms with E-state index in [9.17, 15) is 5.11 Å². The highest BCUT2D eigenvalue weighted by Gasteiger charge is 2.22. The van der Waals surface area contributed by atoms with Crippen molar-refractivity contribution in [2.75, 3.05) is 13.6 Å². The number of halogens is 1. The minimum atomic E-state index is -0.104. The second-order valence-corrected chi connectivity index (χ2v) is 6.71. The Morgan fingerprint density at radius 1 is 1.26 bits per heavy atom. The molecule has 1 saturated carbocycles. The Bertz CT molecular complexity index is 396. The lowest BCUT2D eigenvalue weighted by molar-refractivity contribution is 0.0780. The van der Waals surface area contributed by atoms with Gasteiger partial charge in [-0.1, -0.05) is 47.3 Å². The molecule has 0 spiro atoms. The number of hydrogen-bond donors (Lipinski definition) is 1. The van der Waals surface area contributed by atoms with E-state index in [2.05, 4.69) is 52.1 Å². The third-order valence-corrected chi connectivity index (χ3v) is 4.50. The molecule has 2 rings (SSSR count). The first-order valence-electron chi connectivity index (χ1n) is 7.26. The molecule has 0 aromatic heterocycles. The van der Waals surface area contributed by atoms with Crippen molar-refractivity contribution in [3.8, 4) is 0 Å². The number of benzene rings is 1. The molecule has 1 aromatic rings. The van der Waals surface area contributed by atoms with Crippen molar-refractivity contribution in [2.45, 2.75) is 44.8 Å². The third kappa shape index (κ3) is 4.90. The van der Waals surface area contributed by atoms with E-state index in [1.807, 2.05) is 0 Å². The maximum atomic E-state index is 10.2. The van der Waals surface area contributed by atoms with Gasteiger partial charge in [0, 0.05) is 17.6 Å². The predicted molar refractivity (Wildman–Crippen MR) is 83.1 cm³/mol. The summed E-state index contributed by atoms with van der Waals surface area (Å²) in [5, 5.41) is 10.2. The van der Waals surface area contributed by atoms with Crippen LogP contribution in [-0.2, 0) is 6.54 Å². The van der Waals surface area contributed by atoms with Gasteiger partial charge in [-0.05, 0) is 43.5 Å². The fourth-order valence-corrected chi connectivity index (χ4v) is 3.44. The maximum absolute atomic E-state index is 10.2. The highest BCUT2D eigenvalue weighted by atomic mass is 79.9. The van der Waals surface area contributed by atoms with Gasteiger partial charge in [-0.2, -0.15) is 0 Å². The first kappa shape index (κ1) is 15.0. The normalized spacial score (nSPS) is 24.4. The summed E-state index contributed by atoms with van der Waals surface area (Å²) in [6.45, 7) is 1.94. The fraction of sp³-hybridized carbons (Fsp3) is 0.625. The highest BCUT2D eigenvalue weighted by Crippen LogP contribution is 2.24. The van der Waals surface area contributed by atoms with Gasteiger partial charge in [0.05, 0.1) is 6.10 Å². The van der Waals surface area contributed by atoms with Crippen LogP contribution in [0.3, 0.4) is 0 Å². The van der Waals surface area contributed by atoms with Crippen molar-refractivity contribution < 1.29 is 5.11 Å². The molecule has 0 saturated heterocycles. The van der Waals surface area contributed by atoms with Crippen molar-refractivity contribution in [2.24, 2.45) is 5.92 Å². The van der Waals surface area contributed by atoms with Crippen LogP contribution in [0.1, 0.15) is 37.7 Å². The van der Waals surface area contributed by atoms with Gasteiger partial charge >= 0.3 is 0 Å². The molecule has 1 fully saturated rings. The monoisotopic (exact) mass is 325 g/mol. The Hall–Kier alpha value is -0.380. The molecule has 1 aliphatic carbocycles. The number of rotatable bonds is 4. The van der Waals surface area contributed by atoms with Gasteiger partial charge < -0.3 is 10.0 Å². The quantitative estimate of drug-likeness (QED) is 0.850. The lowest BCUT2D eigenvalue weighted by Crippen LogP contribution is -2.32. The first-order valence-corrected chi connectivity index (χ1v) is 8.05. The molecule has 0 amide bonds. The van der Waals surface area contributed by atoms with E-state index in [1.54, 1.807) is 0 Å². The molecular formula is C16H24BrNO. The molecule has 19 heavy (non-hydrogen) atoms. The molecule has 3 heteroatoms. The van der Waals surface area contributed by atoms with Crippen LogP contribution in [0.5, 0.6) is 0 Å². The average molecular weight is 326 g/mol. The number of aliphatic hydroxyl groups excluding tert-OH is 1. The average Bonchev–Trinajstić information content (AvgIpc) is 2.55. The molecule has 1 aliphatic rings.